The van der Waals surface area contributed by atoms with Gasteiger partial charge < -0.3 is 15.6 Å². The lowest BCUT2D eigenvalue weighted by molar-refractivity contribution is -0.125. The summed E-state index contributed by atoms with van der Waals surface area (Å²) in [6, 6.07) is 6.13. The Bertz CT molecular complexity index is 641. The van der Waals surface area contributed by atoms with Crippen LogP contribution in [0.4, 0.5) is 0 Å². The van der Waals surface area contributed by atoms with Crippen LogP contribution in [0.1, 0.15) is 30.7 Å². The number of imidazole rings is 1. The summed E-state index contributed by atoms with van der Waals surface area (Å²) in [7, 11) is 0. The number of hydrogen-bond donors (Lipinski definition) is 3. The van der Waals surface area contributed by atoms with Gasteiger partial charge in [-0.05, 0) is 50.9 Å². The number of rotatable bonds is 4. The Morgan fingerprint density at radius 1 is 1.36 bits per heavy atom. The highest BCUT2D eigenvalue weighted by molar-refractivity contribution is 5.79. The number of nitrogens with zero attached hydrogens (tertiary/aromatic N) is 1. The van der Waals surface area contributed by atoms with E-state index in [-0.39, 0.29) is 11.8 Å². The maximum Gasteiger partial charge on any atom is 0.223 e. The Balaban J connectivity index is 1.53. The van der Waals surface area contributed by atoms with Crippen molar-refractivity contribution in [2.45, 2.75) is 32.6 Å². The fraction of sp³-hybridized carbons (Fsp3) is 0.529. The molecule has 1 fully saturated rings. The van der Waals surface area contributed by atoms with Gasteiger partial charge >= 0.3 is 0 Å². The van der Waals surface area contributed by atoms with Crippen LogP contribution < -0.4 is 10.6 Å². The first-order valence-corrected chi connectivity index (χ1v) is 8.16. The van der Waals surface area contributed by atoms with Crippen molar-refractivity contribution >= 4 is 16.9 Å². The van der Waals surface area contributed by atoms with E-state index in [4.69, 9.17) is 0 Å². The highest BCUT2D eigenvalue weighted by atomic mass is 16.1. The summed E-state index contributed by atoms with van der Waals surface area (Å²) >= 11 is 0. The van der Waals surface area contributed by atoms with E-state index in [2.05, 4.69) is 33.6 Å². The predicted octanol–water partition coefficient (Wildman–Crippen LogP) is 1.92. The largest absolute Gasteiger partial charge is 0.355 e. The Morgan fingerprint density at radius 2 is 2.27 bits per heavy atom. The predicted molar refractivity (Wildman–Crippen MR) is 87.8 cm³/mol. The third-order valence-corrected chi connectivity index (χ3v) is 4.37. The number of aryl methyl sites for hydroxylation is 1. The first-order chi connectivity index (χ1) is 10.7. The van der Waals surface area contributed by atoms with Crippen LogP contribution >= 0.6 is 0 Å². The van der Waals surface area contributed by atoms with Crippen LogP contribution in [0.15, 0.2) is 18.2 Å². The van der Waals surface area contributed by atoms with Crippen molar-refractivity contribution in [3.8, 4) is 0 Å². The molecule has 5 nitrogen and oxygen atoms in total. The standard InChI is InChI=1S/C17H24N4O/c1-12-4-2-6-14-16(12)21-15(20-14)8-11-19-17(22)13-5-3-9-18-10-7-13/h2,4,6,13,18H,3,5,7-11H2,1H3,(H,19,22)(H,20,21). The van der Waals surface area contributed by atoms with Crippen LogP contribution in [0.5, 0.6) is 0 Å². The number of carbonyl (C=O) groups is 1. The summed E-state index contributed by atoms with van der Waals surface area (Å²) < 4.78 is 0. The summed E-state index contributed by atoms with van der Waals surface area (Å²) in [5.74, 6) is 1.29. The van der Waals surface area contributed by atoms with Gasteiger partial charge in [0.05, 0.1) is 11.0 Å². The molecule has 3 rings (SSSR count). The van der Waals surface area contributed by atoms with Crippen LogP contribution in [0, 0.1) is 12.8 Å². The number of amides is 1. The summed E-state index contributed by atoms with van der Waals surface area (Å²) in [6.07, 6.45) is 3.75. The number of hydrogen-bond acceptors (Lipinski definition) is 3. The molecule has 1 unspecified atom stereocenters. The van der Waals surface area contributed by atoms with Gasteiger partial charge in [0, 0.05) is 18.9 Å². The smallest absolute Gasteiger partial charge is 0.223 e. The van der Waals surface area contributed by atoms with Crippen LogP contribution in [-0.4, -0.2) is 35.5 Å². The molecule has 1 amide bonds. The van der Waals surface area contributed by atoms with Crippen LogP contribution in [0.2, 0.25) is 0 Å². The average molecular weight is 300 g/mol. The van der Waals surface area contributed by atoms with Gasteiger partial charge in [0.2, 0.25) is 5.91 Å². The second kappa shape index (κ2) is 6.92. The van der Waals surface area contributed by atoms with Gasteiger partial charge in [-0.25, -0.2) is 4.98 Å². The Kier molecular flexibility index (Phi) is 4.73. The monoisotopic (exact) mass is 300 g/mol. The quantitative estimate of drug-likeness (QED) is 0.808. The lowest BCUT2D eigenvalue weighted by atomic mass is 10.00. The second-order valence-corrected chi connectivity index (χ2v) is 6.07. The number of aromatic nitrogens is 2. The van der Waals surface area contributed by atoms with Gasteiger partial charge in [-0.2, -0.15) is 0 Å². The maximum absolute atomic E-state index is 12.2. The maximum atomic E-state index is 12.2. The fourth-order valence-electron chi connectivity index (χ4n) is 3.07. The molecule has 1 aromatic carbocycles. The van der Waals surface area contributed by atoms with E-state index in [0.717, 1.165) is 55.6 Å². The topological polar surface area (TPSA) is 69.8 Å². The molecule has 1 atom stereocenters. The molecule has 22 heavy (non-hydrogen) atoms. The molecule has 5 heteroatoms. The first-order valence-electron chi connectivity index (χ1n) is 8.16. The number of para-hydroxylation sites is 1. The lowest BCUT2D eigenvalue weighted by Crippen LogP contribution is -2.32. The molecule has 1 aromatic heterocycles. The summed E-state index contributed by atoms with van der Waals surface area (Å²) in [5.41, 5.74) is 3.27. The van der Waals surface area contributed by atoms with Crippen LogP contribution in [0.3, 0.4) is 0 Å². The number of fused-ring (bicyclic) bond motifs is 1. The fourth-order valence-corrected chi connectivity index (χ4v) is 3.07. The summed E-state index contributed by atoms with van der Waals surface area (Å²) in [6.45, 7) is 4.68. The van der Waals surface area contributed by atoms with E-state index in [1.165, 1.54) is 5.56 Å². The molecule has 0 spiro atoms. The van der Waals surface area contributed by atoms with Gasteiger partial charge in [-0.1, -0.05) is 12.1 Å². The molecule has 0 radical (unpaired) electrons. The molecule has 0 saturated carbocycles. The van der Waals surface area contributed by atoms with Crippen LogP contribution in [-0.2, 0) is 11.2 Å². The highest BCUT2D eigenvalue weighted by Crippen LogP contribution is 2.16. The van der Waals surface area contributed by atoms with Gasteiger partial charge in [0.25, 0.3) is 0 Å². The van der Waals surface area contributed by atoms with Crippen LogP contribution in [0.25, 0.3) is 11.0 Å². The molecule has 0 bridgehead atoms. The molecule has 1 aliphatic heterocycles. The van der Waals surface area contributed by atoms with Crippen molar-refractivity contribution in [2.75, 3.05) is 19.6 Å². The van der Waals surface area contributed by atoms with Gasteiger partial charge in [-0.3, -0.25) is 4.79 Å². The zero-order valence-electron chi connectivity index (χ0n) is 13.1. The van der Waals surface area contributed by atoms with Gasteiger partial charge in [0.1, 0.15) is 5.82 Å². The van der Waals surface area contributed by atoms with E-state index in [0.29, 0.717) is 6.54 Å². The minimum absolute atomic E-state index is 0.160. The van der Waals surface area contributed by atoms with Crippen molar-refractivity contribution in [3.05, 3.63) is 29.6 Å². The van der Waals surface area contributed by atoms with Crippen molar-refractivity contribution in [2.24, 2.45) is 5.92 Å². The second-order valence-electron chi connectivity index (χ2n) is 6.07. The number of benzene rings is 1. The van der Waals surface area contributed by atoms with E-state index < -0.39 is 0 Å². The third-order valence-electron chi connectivity index (χ3n) is 4.37. The average Bonchev–Trinajstić information content (AvgIpc) is 2.75. The minimum atomic E-state index is 0.160. The molecule has 0 aliphatic carbocycles. The number of H-pyrrole nitrogens is 1. The molecule has 2 heterocycles. The van der Waals surface area contributed by atoms with Gasteiger partial charge in [-0.15, -0.1) is 0 Å². The SMILES string of the molecule is Cc1cccc2[nH]c(CCNC(=O)C3CCCNCC3)nc12. The van der Waals surface area contributed by atoms with E-state index in [1.807, 2.05) is 12.1 Å². The molecule has 3 N–H and O–H groups in total. The normalized spacial score (nSPS) is 19.0. The number of carbonyl (C=O) groups excluding carboxylic acids is 1. The van der Waals surface area contributed by atoms with E-state index in [1.54, 1.807) is 0 Å². The molecule has 1 aliphatic rings. The first kappa shape index (κ1) is 15.0. The Morgan fingerprint density at radius 3 is 3.14 bits per heavy atom. The lowest BCUT2D eigenvalue weighted by Gasteiger charge is -2.13. The molecule has 1 saturated heterocycles. The number of nitrogens with one attached hydrogen (secondary N) is 3. The third kappa shape index (κ3) is 3.47. The van der Waals surface area contributed by atoms with Crippen molar-refractivity contribution in [1.29, 1.82) is 0 Å². The number of aromatic amines is 1. The molecule has 2 aromatic rings. The molecule has 118 valence electrons. The molecular formula is C17H24N4O. The zero-order valence-corrected chi connectivity index (χ0v) is 13.1. The summed E-state index contributed by atoms with van der Waals surface area (Å²) in [5, 5.41) is 6.40. The van der Waals surface area contributed by atoms with E-state index >= 15 is 0 Å². The minimum Gasteiger partial charge on any atom is -0.355 e. The van der Waals surface area contributed by atoms with Crippen molar-refractivity contribution in [1.82, 2.24) is 20.6 Å². The van der Waals surface area contributed by atoms with Crippen molar-refractivity contribution < 1.29 is 4.79 Å². The van der Waals surface area contributed by atoms with Crippen molar-refractivity contribution in [3.63, 3.8) is 0 Å². The van der Waals surface area contributed by atoms with Gasteiger partial charge in [0.15, 0.2) is 0 Å². The summed E-state index contributed by atoms with van der Waals surface area (Å²) in [4.78, 5) is 20.1. The highest BCUT2D eigenvalue weighted by Gasteiger charge is 2.19. The molecular weight excluding hydrogens is 276 g/mol. The zero-order chi connectivity index (χ0) is 15.4. The Hall–Kier alpha value is -1.88. The Labute approximate surface area is 130 Å². The van der Waals surface area contributed by atoms with E-state index in [9.17, 15) is 4.79 Å².